The molecular weight excluding hydrogens is 414 g/mol. The second kappa shape index (κ2) is 9.50. The molecule has 174 valence electrons. The van der Waals surface area contributed by atoms with Crippen LogP contribution in [0.25, 0.3) is 0 Å². The van der Waals surface area contributed by atoms with Gasteiger partial charge in [0.25, 0.3) is 0 Å². The number of aliphatic hydroxyl groups excluding tert-OH is 1. The molecule has 7 N–H and O–H groups in total. The van der Waals surface area contributed by atoms with Crippen LogP contribution in [-0.4, -0.2) is 29.8 Å². The monoisotopic (exact) mass is 447 g/mol. The molecule has 0 unspecified atom stereocenters. The first-order chi connectivity index (χ1) is 15.5. The fourth-order valence-corrected chi connectivity index (χ4v) is 3.82. The van der Waals surface area contributed by atoms with Crippen molar-refractivity contribution in [2.75, 3.05) is 13.2 Å². The third-order valence-electron chi connectivity index (χ3n) is 5.08. The molecule has 0 fully saturated rings. The summed E-state index contributed by atoms with van der Waals surface area (Å²) in [5.74, 6) is -0.191. The Morgan fingerprint density at radius 1 is 0.879 bits per heavy atom. The van der Waals surface area contributed by atoms with Gasteiger partial charge in [-0.1, -0.05) is 45.9 Å². The lowest BCUT2D eigenvalue weighted by atomic mass is 9.92. The minimum atomic E-state index is -0.279. The SMILES string of the molecule is CC1(C)C=C(N)C=CC(N=C2C=C(NC3=CC(C)(C)C=C(N)C=C3)C(=O)C=C2NCCO)=C1. The zero-order valence-corrected chi connectivity index (χ0v) is 19.6. The summed E-state index contributed by atoms with van der Waals surface area (Å²) in [6.45, 7) is 8.42. The Hall–Kier alpha value is -3.58. The molecule has 3 aliphatic carbocycles. The number of allylic oxidation sites excluding steroid dienone is 10. The topological polar surface area (TPSA) is 126 Å². The van der Waals surface area contributed by atoms with Gasteiger partial charge in [-0.15, -0.1) is 0 Å². The van der Waals surface area contributed by atoms with Crippen molar-refractivity contribution >= 4 is 11.5 Å². The molecule has 33 heavy (non-hydrogen) atoms. The number of hydrogen-bond acceptors (Lipinski definition) is 7. The number of carbonyl (C=O) groups excluding carboxylic acids is 1. The molecule has 0 aliphatic heterocycles. The first-order valence-electron chi connectivity index (χ1n) is 10.9. The molecule has 0 aromatic rings. The summed E-state index contributed by atoms with van der Waals surface area (Å²) in [7, 11) is 0. The van der Waals surface area contributed by atoms with Gasteiger partial charge >= 0.3 is 0 Å². The Morgan fingerprint density at radius 2 is 1.52 bits per heavy atom. The second-order valence-electron chi connectivity index (χ2n) is 9.52. The highest BCUT2D eigenvalue weighted by Crippen LogP contribution is 2.27. The predicted molar refractivity (Wildman–Crippen MR) is 133 cm³/mol. The van der Waals surface area contributed by atoms with Crippen LogP contribution in [-0.2, 0) is 4.79 Å². The predicted octanol–water partition coefficient (Wildman–Crippen LogP) is 2.59. The maximum Gasteiger partial charge on any atom is 0.204 e. The molecule has 0 aromatic heterocycles. The van der Waals surface area contributed by atoms with Crippen LogP contribution in [0.2, 0.25) is 0 Å². The van der Waals surface area contributed by atoms with E-state index < -0.39 is 0 Å². The molecule has 0 radical (unpaired) electrons. The molecule has 7 heteroatoms. The maximum absolute atomic E-state index is 12.9. The van der Waals surface area contributed by atoms with Gasteiger partial charge in [0.15, 0.2) is 0 Å². The number of nitrogens with zero attached hydrogens (tertiary/aromatic N) is 1. The fourth-order valence-electron chi connectivity index (χ4n) is 3.82. The zero-order valence-electron chi connectivity index (χ0n) is 19.6. The molecule has 3 rings (SSSR count). The van der Waals surface area contributed by atoms with Gasteiger partial charge in [0.05, 0.1) is 29.4 Å². The van der Waals surface area contributed by atoms with E-state index in [1.807, 2.05) is 70.2 Å². The molecule has 0 bridgehead atoms. The number of nitrogens with two attached hydrogens (primary N) is 2. The van der Waals surface area contributed by atoms with Crippen molar-refractivity contribution in [2.24, 2.45) is 27.3 Å². The Labute approximate surface area is 195 Å². The largest absolute Gasteiger partial charge is 0.399 e. The van der Waals surface area contributed by atoms with Crippen LogP contribution < -0.4 is 22.1 Å². The Bertz CT molecular complexity index is 1110. The van der Waals surface area contributed by atoms with E-state index in [0.717, 1.165) is 11.4 Å². The smallest absolute Gasteiger partial charge is 0.204 e. The van der Waals surface area contributed by atoms with Crippen molar-refractivity contribution in [1.29, 1.82) is 0 Å². The summed E-state index contributed by atoms with van der Waals surface area (Å²) >= 11 is 0. The molecule has 0 saturated heterocycles. The van der Waals surface area contributed by atoms with E-state index >= 15 is 0 Å². The number of aliphatic hydroxyl groups is 1. The van der Waals surface area contributed by atoms with Crippen LogP contribution >= 0.6 is 0 Å². The number of rotatable bonds is 6. The third-order valence-corrected chi connectivity index (χ3v) is 5.08. The minimum absolute atomic E-state index is 0.0646. The Morgan fingerprint density at radius 3 is 2.18 bits per heavy atom. The van der Waals surface area contributed by atoms with Gasteiger partial charge in [-0.05, 0) is 36.5 Å². The van der Waals surface area contributed by atoms with Crippen LogP contribution in [0, 0.1) is 10.8 Å². The normalized spacial score (nSPS) is 22.8. The summed E-state index contributed by atoms with van der Waals surface area (Å²) in [5.41, 5.74) is 15.8. The van der Waals surface area contributed by atoms with E-state index in [0.29, 0.717) is 35.0 Å². The summed E-state index contributed by atoms with van der Waals surface area (Å²) in [4.78, 5) is 17.7. The van der Waals surface area contributed by atoms with Crippen molar-refractivity contribution < 1.29 is 9.90 Å². The van der Waals surface area contributed by atoms with Crippen LogP contribution in [0.4, 0.5) is 0 Å². The first-order valence-corrected chi connectivity index (χ1v) is 10.9. The number of ketones is 1. The van der Waals surface area contributed by atoms with Crippen molar-refractivity contribution in [1.82, 2.24) is 10.6 Å². The molecule has 3 aliphatic rings. The zero-order chi connectivity index (χ0) is 24.2. The molecule has 0 aromatic carbocycles. The van der Waals surface area contributed by atoms with Gasteiger partial charge in [0, 0.05) is 40.5 Å². The summed E-state index contributed by atoms with van der Waals surface area (Å²) in [6, 6.07) is 0. The lowest BCUT2D eigenvalue weighted by molar-refractivity contribution is -0.111. The number of hydrogen-bond donors (Lipinski definition) is 5. The lowest BCUT2D eigenvalue weighted by Crippen LogP contribution is -2.30. The highest BCUT2D eigenvalue weighted by Gasteiger charge is 2.22. The summed E-state index contributed by atoms with van der Waals surface area (Å²) < 4.78 is 0. The standard InChI is InChI=1S/C26H33N5O2/c1-25(2)13-17(27)5-7-19(15-25)30-22-11-23(24(33)12-21(22)29-9-10-32)31-20-8-6-18(28)14-26(3,4)16-20/h5-8,11-16,29,31-32H,9-10,27-28H2,1-4H3. The highest BCUT2D eigenvalue weighted by atomic mass is 16.3. The average molecular weight is 448 g/mol. The van der Waals surface area contributed by atoms with Gasteiger partial charge in [-0.25, -0.2) is 4.99 Å². The van der Waals surface area contributed by atoms with E-state index in [-0.39, 0.29) is 23.2 Å². The second-order valence-corrected chi connectivity index (χ2v) is 9.52. The molecule has 0 saturated carbocycles. The highest BCUT2D eigenvalue weighted by molar-refractivity contribution is 6.21. The van der Waals surface area contributed by atoms with Crippen molar-refractivity contribution in [2.45, 2.75) is 27.7 Å². The van der Waals surface area contributed by atoms with E-state index in [1.54, 1.807) is 12.2 Å². The third kappa shape index (κ3) is 6.70. The van der Waals surface area contributed by atoms with Gasteiger partial charge in [-0.3, -0.25) is 4.79 Å². The lowest BCUT2D eigenvalue weighted by Gasteiger charge is -2.20. The van der Waals surface area contributed by atoms with E-state index in [2.05, 4.69) is 10.6 Å². The molecule has 0 spiro atoms. The van der Waals surface area contributed by atoms with Crippen LogP contribution in [0.15, 0.2) is 99.9 Å². The molecule has 0 atom stereocenters. The molecule has 7 nitrogen and oxygen atoms in total. The van der Waals surface area contributed by atoms with Crippen LogP contribution in [0.3, 0.4) is 0 Å². The molecule has 0 amide bonds. The van der Waals surface area contributed by atoms with Gasteiger partial charge in [-0.2, -0.15) is 0 Å². The van der Waals surface area contributed by atoms with E-state index in [9.17, 15) is 9.90 Å². The number of carbonyl (C=O) groups is 1. The van der Waals surface area contributed by atoms with Crippen LogP contribution in [0.5, 0.6) is 0 Å². The summed E-state index contributed by atoms with van der Waals surface area (Å²) in [6.07, 6.45) is 18.5. The Kier molecular flexibility index (Phi) is 6.93. The quantitative estimate of drug-likeness (QED) is 0.399. The van der Waals surface area contributed by atoms with E-state index in [4.69, 9.17) is 16.5 Å². The number of nitrogens with one attached hydrogen (secondary N) is 2. The Balaban J connectivity index is 1.98. The van der Waals surface area contributed by atoms with Gasteiger partial charge in [0.2, 0.25) is 5.78 Å². The van der Waals surface area contributed by atoms with E-state index in [1.165, 1.54) is 6.08 Å². The minimum Gasteiger partial charge on any atom is -0.399 e. The summed E-state index contributed by atoms with van der Waals surface area (Å²) in [5, 5.41) is 15.6. The molecule has 0 heterocycles. The van der Waals surface area contributed by atoms with Crippen molar-refractivity contribution in [3.63, 3.8) is 0 Å². The fraction of sp³-hybridized carbons (Fsp3) is 0.308. The van der Waals surface area contributed by atoms with Gasteiger partial charge in [0.1, 0.15) is 0 Å². The van der Waals surface area contributed by atoms with Crippen molar-refractivity contribution in [3.05, 3.63) is 94.9 Å². The maximum atomic E-state index is 12.9. The van der Waals surface area contributed by atoms with Crippen LogP contribution in [0.1, 0.15) is 27.7 Å². The molecular formula is C26H33N5O2. The van der Waals surface area contributed by atoms with Gasteiger partial charge < -0.3 is 27.2 Å². The average Bonchev–Trinajstić information content (AvgIpc) is 2.91. The van der Waals surface area contributed by atoms with Crippen molar-refractivity contribution in [3.8, 4) is 0 Å². The number of aliphatic imine (C=N–C) groups is 1. The first kappa shape index (κ1) is 24.1.